The molecule has 0 amide bonds. The van der Waals surface area contributed by atoms with Crippen molar-refractivity contribution in [3.05, 3.63) is 64.2 Å². The summed E-state index contributed by atoms with van der Waals surface area (Å²) in [7, 11) is 0. The minimum Gasteiger partial charge on any atom is -0.0654 e. The van der Waals surface area contributed by atoms with E-state index in [-0.39, 0.29) is 0 Å². The average molecular weight is 345 g/mol. The van der Waals surface area contributed by atoms with E-state index in [4.69, 9.17) is 0 Å². The Morgan fingerprint density at radius 3 is 2.19 bits per heavy atom. The monoisotopic (exact) mass is 344 g/mol. The number of fused-ring (bicyclic) bond motifs is 1. The van der Waals surface area contributed by atoms with E-state index < -0.39 is 0 Å². The zero-order valence-corrected chi connectivity index (χ0v) is 16.5. The summed E-state index contributed by atoms with van der Waals surface area (Å²) < 4.78 is 0. The van der Waals surface area contributed by atoms with Crippen molar-refractivity contribution >= 4 is 6.08 Å². The van der Waals surface area contributed by atoms with Crippen molar-refractivity contribution in [2.24, 2.45) is 5.92 Å². The number of allylic oxidation sites excluding steroid dienone is 1. The lowest BCUT2D eigenvalue weighted by molar-refractivity contribution is 0.781. The second-order valence-corrected chi connectivity index (χ2v) is 8.29. The van der Waals surface area contributed by atoms with Crippen LogP contribution >= 0.6 is 0 Å². The van der Waals surface area contributed by atoms with Crippen molar-refractivity contribution < 1.29 is 0 Å². The maximum Gasteiger partial charge on any atom is -0.00548 e. The normalized spacial score (nSPS) is 15.8. The molecule has 2 aromatic rings. The van der Waals surface area contributed by atoms with E-state index in [1.165, 1.54) is 85.6 Å². The van der Waals surface area contributed by atoms with Gasteiger partial charge in [-0.25, -0.2) is 0 Å². The van der Waals surface area contributed by atoms with Crippen molar-refractivity contribution in [1.29, 1.82) is 0 Å². The molecule has 0 N–H and O–H groups in total. The Morgan fingerprint density at radius 1 is 0.885 bits per heavy atom. The van der Waals surface area contributed by atoms with Crippen LogP contribution in [-0.2, 0) is 19.3 Å². The summed E-state index contributed by atoms with van der Waals surface area (Å²) in [6.07, 6.45) is 14.0. The maximum atomic E-state index is 2.52. The van der Waals surface area contributed by atoms with Crippen LogP contribution in [0.4, 0.5) is 0 Å². The largest absolute Gasteiger partial charge is 0.0654 e. The van der Waals surface area contributed by atoms with Crippen molar-refractivity contribution in [3.63, 3.8) is 0 Å². The molecule has 0 atom stereocenters. The van der Waals surface area contributed by atoms with E-state index in [1.807, 2.05) is 0 Å². The van der Waals surface area contributed by atoms with Gasteiger partial charge in [-0.3, -0.25) is 0 Å². The quantitative estimate of drug-likeness (QED) is 0.468. The summed E-state index contributed by atoms with van der Waals surface area (Å²) in [4.78, 5) is 0. The summed E-state index contributed by atoms with van der Waals surface area (Å²) >= 11 is 0. The average Bonchev–Trinajstić information content (AvgIpc) is 3.42. The summed E-state index contributed by atoms with van der Waals surface area (Å²) in [6, 6.07) is 14.3. The van der Waals surface area contributed by atoms with Crippen LogP contribution in [0.2, 0.25) is 0 Å². The number of rotatable bonds is 8. The molecule has 2 aromatic carbocycles. The van der Waals surface area contributed by atoms with Gasteiger partial charge >= 0.3 is 0 Å². The predicted molar refractivity (Wildman–Crippen MR) is 114 cm³/mol. The molecular formula is C26H32. The van der Waals surface area contributed by atoms with Gasteiger partial charge in [-0.05, 0) is 84.2 Å². The highest BCUT2D eigenvalue weighted by atomic mass is 14.3. The van der Waals surface area contributed by atoms with Gasteiger partial charge in [0.15, 0.2) is 0 Å². The molecule has 0 nitrogen and oxygen atoms in total. The Bertz CT molecular complexity index is 779. The molecule has 2 aliphatic carbocycles. The van der Waals surface area contributed by atoms with Crippen LogP contribution in [-0.4, -0.2) is 0 Å². The Morgan fingerprint density at radius 2 is 1.58 bits per heavy atom. The Kier molecular flexibility index (Phi) is 5.29. The molecule has 0 bridgehead atoms. The van der Waals surface area contributed by atoms with Gasteiger partial charge < -0.3 is 0 Å². The smallest absolute Gasteiger partial charge is 0.00548 e. The van der Waals surface area contributed by atoms with Gasteiger partial charge in [0.1, 0.15) is 0 Å². The van der Waals surface area contributed by atoms with Gasteiger partial charge in [-0.15, -0.1) is 0 Å². The van der Waals surface area contributed by atoms with Crippen molar-refractivity contribution in [2.45, 2.75) is 71.6 Å². The number of hydrogen-bond acceptors (Lipinski definition) is 0. The van der Waals surface area contributed by atoms with E-state index >= 15 is 0 Å². The summed E-state index contributed by atoms with van der Waals surface area (Å²) in [6.45, 7) is 4.58. The molecule has 136 valence electrons. The summed E-state index contributed by atoms with van der Waals surface area (Å²) in [5.41, 5.74) is 10.7. The lowest BCUT2D eigenvalue weighted by Crippen LogP contribution is -1.94. The van der Waals surface area contributed by atoms with E-state index in [1.54, 1.807) is 11.1 Å². The molecule has 0 spiro atoms. The van der Waals surface area contributed by atoms with Crippen molar-refractivity contribution in [1.82, 2.24) is 0 Å². The van der Waals surface area contributed by atoms with E-state index in [0.29, 0.717) is 0 Å². The zero-order valence-electron chi connectivity index (χ0n) is 16.5. The first-order valence-corrected chi connectivity index (χ1v) is 10.7. The second kappa shape index (κ2) is 7.82. The molecule has 0 unspecified atom stereocenters. The molecular weight excluding hydrogens is 312 g/mol. The van der Waals surface area contributed by atoms with Gasteiger partial charge in [-0.2, -0.15) is 0 Å². The van der Waals surface area contributed by atoms with E-state index in [2.05, 4.69) is 56.3 Å². The zero-order chi connectivity index (χ0) is 17.9. The first-order chi connectivity index (χ1) is 12.8. The van der Waals surface area contributed by atoms with Crippen molar-refractivity contribution in [2.75, 3.05) is 0 Å². The Hall–Kier alpha value is -1.82. The molecule has 0 heterocycles. The molecule has 0 aliphatic heterocycles. The molecule has 0 heteroatoms. The molecule has 4 rings (SSSR count). The molecule has 26 heavy (non-hydrogen) atoms. The van der Waals surface area contributed by atoms with Crippen LogP contribution in [0.5, 0.6) is 0 Å². The maximum absolute atomic E-state index is 2.52. The van der Waals surface area contributed by atoms with Crippen LogP contribution < -0.4 is 0 Å². The topological polar surface area (TPSA) is 0 Å². The fraction of sp³-hybridized carbons (Fsp3) is 0.462. The SMILES string of the molecule is CCCCc1cc(CCCC)cc(-c2cccc3c2C=C(C2CC2)C3)c1. The summed E-state index contributed by atoms with van der Waals surface area (Å²) in [5, 5.41) is 0. The third kappa shape index (κ3) is 3.80. The molecule has 1 fully saturated rings. The van der Waals surface area contributed by atoms with Crippen LogP contribution in [0.1, 0.15) is 74.6 Å². The van der Waals surface area contributed by atoms with Gasteiger partial charge in [0.05, 0.1) is 0 Å². The minimum absolute atomic E-state index is 0.881. The fourth-order valence-electron chi connectivity index (χ4n) is 4.33. The number of unbranched alkanes of at least 4 members (excludes halogenated alkanes) is 2. The fourth-order valence-corrected chi connectivity index (χ4v) is 4.33. The Labute approximate surface area is 159 Å². The van der Waals surface area contributed by atoms with Gasteiger partial charge in [0, 0.05) is 0 Å². The molecule has 0 radical (unpaired) electrons. The highest BCUT2D eigenvalue weighted by Gasteiger charge is 2.29. The minimum atomic E-state index is 0.881. The molecule has 0 saturated heterocycles. The number of benzene rings is 2. The first kappa shape index (κ1) is 17.6. The van der Waals surface area contributed by atoms with Gasteiger partial charge in [-0.1, -0.05) is 74.7 Å². The van der Waals surface area contributed by atoms with Crippen LogP contribution in [0.15, 0.2) is 42.0 Å². The van der Waals surface area contributed by atoms with Gasteiger partial charge in [0.25, 0.3) is 0 Å². The summed E-state index contributed by atoms with van der Waals surface area (Å²) in [5.74, 6) is 0.881. The lowest BCUT2D eigenvalue weighted by atomic mass is 9.92. The van der Waals surface area contributed by atoms with E-state index in [9.17, 15) is 0 Å². The van der Waals surface area contributed by atoms with Crippen molar-refractivity contribution in [3.8, 4) is 11.1 Å². The third-order valence-corrected chi connectivity index (χ3v) is 6.02. The predicted octanol–water partition coefficient (Wildman–Crippen LogP) is 7.39. The highest BCUT2D eigenvalue weighted by molar-refractivity contribution is 5.81. The van der Waals surface area contributed by atoms with Crippen LogP contribution in [0.3, 0.4) is 0 Å². The second-order valence-electron chi connectivity index (χ2n) is 8.29. The van der Waals surface area contributed by atoms with E-state index in [0.717, 1.165) is 5.92 Å². The number of hydrogen-bond donors (Lipinski definition) is 0. The molecule has 1 saturated carbocycles. The standard InChI is InChI=1S/C26H32/c1-3-5-8-19-14-20(9-6-4-2)16-24(15-19)25-11-7-10-22-17-23(18-26(22)25)21-12-13-21/h7,10-11,14-16,18,21H,3-6,8-9,12-13,17H2,1-2H3. The number of aryl methyl sites for hydroxylation is 2. The highest BCUT2D eigenvalue weighted by Crippen LogP contribution is 2.44. The Balaban J connectivity index is 1.72. The molecule has 0 aromatic heterocycles. The lowest BCUT2D eigenvalue weighted by Gasteiger charge is -2.13. The third-order valence-electron chi connectivity index (χ3n) is 6.02. The first-order valence-electron chi connectivity index (χ1n) is 10.7. The molecule has 2 aliphatic rings. The van der Waals surface area contributed by atoms with Gasteiger partial charge in [0.2, 0.25) is 0 Å². The van der Waals surface area contributed by atoms with Crippen LogP contribution in [0.25, 0.3) is 17.2 Å². The van der Waals surface area contributed by atoms with Crippen LogP contribution in [0, 0.1) is 5.92 Å².